The smallest absolute Gasteiger partial charge is 0.465 e. The van der Waals surface area contributed by atoms with Crippen molar-refractivity contribution in [2.75, 3.05) is 13.2 Å². The van der Waals surface area contributed by atoms with Crippen molar-refractivity contribution in [3.8, 4) is 5.75 Å². The highest BCUT2D eigenvalue weighted by molar-refractivity contribution is 6.00. The number of carbonyl (C=O) groups excluding carboxylic acids is 2. The van der Waals surface area contributed by atoms with Crippen molar-refractivity contribution in [3.05, 3.63) is 29.8 Å². The molecule has 0 radical (unpaired) electrons. The second-order valence-corrected chi connectivity index (χ2v) is 4.05. The van der Waals surface area contributed by atoms with Gasteiger partial charge in [-0.25, -0.2) is 0 Å². The Labute approximate surface area is 125 Å². The van der Waals surface area contributed by atoms with E-state index in [0.717, 1.165) is 12.1 Å². The molecule has 0 unspecified atom stereocenters. The molecule has 0 atom stereocenters. The summed E-state index contributed by atoms with van der Waals surface area (Å²) in [5.74, 6) is -3.46. The van der Waals surface area contributed by atoms with E-state index in [9.17, 15) is 22.8 Å². The third-order valence-corrected chi connectivity index (χ3v) is 2.49. The molecule has 0 amide bonds. The molecule has 8 heteroatoms. The molecule has 5 nitrogen and oxygen atoms in total. The van der Waals surface area contributed by atoms with E-state index in [1.54, 1.807) is 13.8 Å². The first kappa shape index (κ1) is 17.8. The molecule has 122 valence electrons. The Balaban J connectivity index is 2.99. The summed E-state index contributed by atoms with van der Waals surface area (Å²) >= 11 is 0. The number of alkyl halides is 3. The molecule has 0 aliphatic heterocycles. The fourth-order valence-corrected chi connectivity index (χ4v) is 1.68. The van der Waals surface area contributed by atoms with Crippen LogP contribution in [0.3, 0.4) is 0 Å². The lowest BCUT2D eigenvalue weighted by molar-refractivity contribution is -0.274. The van der Waals surface area contributed by atoms with Crippen LogP contribution in [0, 0.1) is 0 Å². The molecule has 22 heavy (non-hydrogen) atoms. The summed E-state index contributed by atoms with van der Waals surface area (Å²) < 4.78 is 49.6. The number of halogens is 3. The van der Waals surface area contributed by atoms with Crippen LogP contribution in [-0.4, -0.2) is 31.5 Å². The number of benzene rings is 1. The van der Waals surface area contributed by atoms with Crippen LogP contribution in [0.15, 0.2) is 24.3 Å². The fourth-order valence-electron chi connectivity index (χ4n) is 1.68. The second-order valence-electron chi connectivity index (χ2n) is 4.05. The lowest BCUT2D eigenvalue weighted by Gasteiger charge is -2.15. The lowest BCUT2D eigenvalue weighted by Crippen LogP contribution is -2.26. The van der Waals surface area contributed by atoms with Gasteiger partial charge in [-0.3, -0.25) is 9.59 Å². The van der Waals surface area contributed by atoms with Crippen LogP contribution in [0.2, 0.25) is 0 Å². The maximum absolute atomic E-state index is 12.1. The number of hydrogen-bond acceptors (Lipinski definition) is 5. The van der Waals surface area contributed by atoms with Gasteiger partial charge in [-0.05, 0) is 31.5 Å². The monoisotopic (exact) mass is 320 g/mol. The predicted molar refractivity (Wildman–Crippen MR) is 69.1 cm³/mol. The van der Waals surface area contributed by atoms with Gasteiger partial charge < -0.3 is 14.2 Å². The Kier molecular flexibility index (Phi) is 6.21. The quantitative estimate of drug-likeness (QED) is 0.596. The van der Waals surface area contributed by atoms with Crippen LogP contribution in [-0.2, 0) is 19.1 Å². The highest BCUT2D eigenvalue weighted by atomic mass is 19.4. The molecule has 0 saturated heterocycles. The summed E-state index contributed by atoms with van der Waals surface area (Å²) in [7, 11) is 0. The zero-order valence-electron chi connectivity index (χ0n) is 12.0. The average Bonchev–Trinajstić information content (AvgIpc) is 2.40. The lowest BCUT2D eigenvalue weighted by atomic mass is 9.99. The summed E-state index contributed by atoms with van der Waals surface area (Å²) in [4.78, 5) is 23.7. The molecule has 0 fully saturated rings. The maximum atomic E-state index is 12.1. The largest absolute Gasteiger partial charge is 0.573 e. The van der Waals surface area contributed by atoms with Gasteiger partial charge in [-0.2, -0.15) is 0 Å². The van der Waals surface area contributed by atoms with E-state index in [1.807, 2.05) is 0 Å². The summed E-state index contributed by atoms with van der Waals surface area (Å²) in [5.41, 5.74) is 0.159. The van der Waals surface area contributed by atoms with Crippen LogP contribution in [0.25, 0.3) is 0 Å². The molecule has 0 aromatic heterocycles. The van der Waals surface area contributed by atoms with Crippen molar-refractivity contribution in [2.24, 2.45) is 0 Å². The first-order chi connectivity index (χ1) is 10.3. The first-order valence-electron chi connectivity index (χ1n) is 6.47. The minimum absolute atomic E-state index is 0.0595. The number of ether oxygens (including phenoxy) is 3. The van der Waals surface area contributed by atoms with Gasteiger partial charge >= 0.3 is 18.3 Å². The Morgan fingerprint density at radius 1 is 1.00 bits per heavy atom. The summed E-state index contributed by atoms with van der Waals surface area (Å²) in [6, 6.07) is 4.38. The molecule has 0 aliphatic carbocycles. The van der Waals surface area contributed by atoms with Crippen molar-refractivity contribution in [2.45, 2.75) is 26.1 Å². The van der Waals surface area contributed by atoms with Crippen LogP contribution in [0.5, 0.6) is 5.75 Å². The summed E-state index contributed by atoms with van der Waals surface area (Å²) in [6.45, 7) is 3.26. The Morgan fingerprint density at radius 3 is 1.82 bits per heavy atom. The average molecular weight is 320 g/mol. The SMILES string of the molecule is CCOC(=O)C(C(=O)OCC)c1ccc(OC(F)(F)F)cc1. The zero-order chi connectivity index (χ0) is 16.8. The van der Waals surface area contributed by atoms with E-state index in [2.05, 4.69) is 4.74 Å². The molecule has 0 N–H and O–H groups in total. The molecule has 1 rings (SSSR count). The van der Waals surface area contributed by atoms with Gasteiger partial charge in [0.1, 0.15) is 5.75 Å². The van der Waals surface area contributed by atoms with Gasteiger partial charge in [-0.1, -0.05) is 12.1 Å². The van der Waals surface area contributed by atoms with Crippen molar-refractivity contribution < 1.29 is 37.0 Å². The summed E-state index contributed by atoms with van der Waals surface area (Å²) in [6.07, 6.45) is -4.82. The Hall–Kier alpha value is -2.25. The third-order valence-electron chi connectivity index (χ3n) is 2.49. The number of esters is 2. The molecule has 0 spiro atoms. The van der Waals surface area contributed by atoms with E-state index >= 15 is 0 Å². The highest BCUT2D eigenvalue weighted by Gasteiger charge is 2.33. The van der Waals surface area contributed by atoms with Crippen molar-refractivity contribution >= 4 is 11.9 Å². The summed E-state index contributed by atoms with van der Waals surface area (Å²) in [5, 5.41) is 0. The van der Waals surface area contributed by atoms with Crippen molar-refractivity contribution in [1.29, 1.82) is 0 Å². The van der Waals surface area contributed by atoms with E-state index in [4.69, 9.17) is 9.47 Å². The first-order valence-corrected chi connectivity index (χ1v) is 6.47. The molecule has 0 saturated carbocycles. The van der Waals surface area contributed by atoms with E-state index in [-0.39, 0.29) is 18.8 Å². The van der Waals surface area contributed by atoms with E-state index in [0.29, 0.717) is 0 Å². The standard InChI is InChI=1S/C14H15F3O5/c1-3-20-12(18)11(13(19)21-4-2)9-5-7-10(8-6-9)22-14(15,16)17/h5-8,11H,3-4H2,1-2H3. The highest BCUT2D eigenvalue weighted by Crippen LogP contribution is 2.26. The number of hydrogen-bond donors (Lipinski definition) is 0. The van der Waals surface area contributed by atoms with Gasteiger partial charge in [0, 0.05) is 0 Å². The number of rotatable bonds is 6. The van der Waals surface area contributed by atoms with Gasteiger partial charge in [0.25, 0.3) is 0 Å². The second kappa shape index (κ2) is 7.67. The Bertz CT molecular complexity index is 492. The van der Waals surface area contributed by atoms with Gasteiger partial charge in [0.05, 0.1) is 13.2 Å². The molecule has 0 aliphatic rings. The van der Waals surface area contributed by atoms with E-state index < -0.39 is 30.0 Å². The maximum Gasteiger partial charge on any atom is 0.573 e. The van der Waals surface area contributed by atoms with Crippen LogP contribution in [0.4, 0.5) is 13.2 Å². The number of carbonyl (C=O) groups is 2. The van der Waals surface area contributed by atoms with Gasteiger partial charge in [0.2, 0.25) is 0 Å². The minimum Gasteiger partial charge on any atom is -0.465 e. The van der Waals surface area contributed by atoms with E-state index in [1.165, 1.54) is 12.1 Å². The molecule has 0 bridgehead atoms. The normalized spacial score (nSPS) is 11.2. The Morgan fingerprint density at radius 2 is 1.45 bits per heavy atom. The van der Waals surface area contributed by atoms with Gasteiger partial charge in [0.15, 0.2) is 5.92 Å². The topological polar surface area (TPSA) is 61.8 Å². The van der Waals surface area contributed by atoms with Gasteiger partial charge in [-0.15, -0.1) is 13.2 Å². The van der Waals surface area contributed by atoms with Crippen molar-refractivity contribution in [1.82, 2.24) is 0 Å². The molecule has 0 heterocycles. The zero-order valence-corrected chi connectivity index (χ0v) is 12.0. The molecular weight excluding hydrogens is 305 g/mol. The molecule has 1 aromatic rings. The molecular formula is C14H15F3O5. The third kappa shape index (κ3) is 5.27. The van der Waals surface area contributed by atoms with Crippen LogP contribution < -0.4 is 4.74 Å². The van der Waals surface area contributed by atoms with Crippen molar-refractivity contribution in [3.63, 3.8) is 0 Å². The van der Waals surface area contributed by atoms with Crippen LogP contribution >= 0.6 is 0 Å². The predicted octanol–water partition coefficient (Wildman–Crippen LogP) is 2.80. The molecule has 1 aromatic carbocycles. The fraction of sp³-hybridized carbons (Fsp3) is 0.429. The van der Waals surface area contributed by atoms with Crippen LogP contribution in [0.1, 0.15) is 25.3 Å². The minimum atomic E-state index is -4.82.